The molecule has 0 radical (unpaired) electrons. The fraction of sp³-hybridized carbons (Fsp3) is 0.409. The number of hydrogen-bond acceptors (Lipinski definition) is 7. The van der Waals surface area contributed by atoms with E-state index < -0.39 is 21.8 Å². The Morgan fingerprint density at radius 3 is 2.53 bits per heavy atom. The van der Waals surface area contributed by atoms with Crippen LogP contribution >= 0.6 is 11.8 Å². The quantitative estimate of drug-likeness (QED) is 0.553. The Hall–Kier alpha value is -1.98. The molecule has 5 rings (SSSR count). The van der Waals surface area contributed by atoms with Crippen LogP contribution in [0.15, 0.2) is 47.4 Å². The van der Waals surface area contributed by atoms with E-state index in [-0.39, 0.29) is 27.1 Å². The number of halogens is 1. The van der Waals surface area contributed by atoms with E-state index >= 15 is 0 Å². The van der Waals surface area contributed by atoms with E-state index in [9.17, 15) is 17.6 Å². The van der Waals surface area contributed by atoms with Crippen LogP contribution in [-0.2, 0) is 10.0 Å². The average Bonchev–Trinajstić information content (AvgIpc) is 3.14. The maximum Gasteiger partial charge on any atom is 0.241 e. The molecule has 7 nitrogen and oxygen atoms in total. The van der Waals surface area contributed by atoms with Crippen molar-refractivity contribution in [1.29, 1.82) is 0 Å². The van der Waals surface area contributed by atoms with Crippen LogP contribution in [0.1, 0.15) is 48.5 Å². The highest BCUT2D eigenvalue weighted by Gasteiger charge is 2.43. The summed E-state index contributed by atoms with van der Waals surface area (Å²) in [5.41, 5.74) is 7.77. The molecule has 0 bridgehead atoms. The molecule has 170 valence electrons. The normalized spacial score (nSPS) is 26.2. The summed E-state index contributed by atoms with van der Waals surface area (Å²) in [5, 5.41) is 0.165. The molecule has 2 aromatic rings. The van der Waals surface area contributed by atoms with Crippen LogP contribution in [0.5, 0.6) is 0 Å². The lowest BCUT2D eigenvalue weighted by Gasteiger charge is -2.26. The first-order valence-electron chi connectivity index (χ1n) is 10.6. The van der Waals surface area contributed by atoms with E-state index in [1.807, 2.05) is 18.7 Å². The van der Waals surface area contributed by atoms with Crippen molar-refractivity contribution in [3.63, 3.8) is 0 Å². The summed E-state index contributed by atoms with van der Waals surface area (Å²) >= 11 is 1.65. The number of hydrogen-bond donors (Lipinski definition) is 3. The molecule has 2 aliphatic heterocycles. The first-order valence-corrected chi connectivity index (χ1v) is 13.0. The number of fused-ring (bicyclic) bond motifs is 1. The highest BCUT2D eigenvalue weighted by Crippen LogP contribution is 2.43. The van der Waals surface area contributed by atoms with Gasteiger partial charge in [-0.05, 0) is 68.7 Å². The van der Waals surface area contributed by atoms with Gasteiger partial charge in [-0.3, -0.25) is 4.79 Å². The standard InChI is InChI=1S/C22H25FN4O3S2/c1-13-24-25-21(31-13)27-12-18(20(28)14-3-5-15(23)6-4-14)17-8-7-16(11-19(17)27)32(29,30)26-22(2)9-10-22/h3-8,11,13,18,21,24-26H,9-10,12H2,1-2H3. The lowest BCUT2D eigenvalue weighted by atomic mass is 9.92. The van der Waals surface area contributed by atoms with Gasteiger partial charge in [0.1, 0.15) is 11.3 Å². The third-order valence-electron chi connectivity index (χ3n) is 6.23. The number of benzene rings is 2. The van der Waals surface area contributed by atoms with Gasteiger partial charge in [0.25, 0.3) is 0 Å². The molecular weight excluding hydrogens is 451 g/mol. The summed E-state index contributed by atoms with van der Waals surface area (Å²) in [7, 11) is -3.68. The van der Waals surface area contributed by atoms with Gasteiger partial charge in [0.05, 0.1) is 16.2 Å². The van der Waals surface area contributed by atoms with Crippen LogP contribution in [0, 0.1) is 5.82 Å². The van der Waals surface area contributed by atoms with Gasteiger partial charge in [-0.2, -0.15) is 0 Å². The summed E-state index contributed by atoms with van der Waals surface area (Å²) in [6.45, 7) is 4.32. The fourth-order valence-corrected chi connectivity index (χ4v) is 6.65. The number of rotatable bonds is 6. The Morgan fingerprint density at radius 1 is 1.19 bits per heavy atom. The van der Waals surface area contributed by atoms with E-state index in [0.29, 0.717) is 12.1 Å². The molecule has 2 heterocycles. The molecule has 0 spiro atoms. The largest absolute Gasteiger partial charge is 0.345 e. The Balaban J connectivity index is 1.52. The second-order valence-corrected chi connectivity index (χ2v) is 12.0. The first-order chi connectivity index (χ1) is 15.2. The van der Waals surface area contributed by atoms with Gasteiger partial charge in [0, 0.05) is 23.3 Å². The zero-order chi connectivity index (χ0) is 22.7. The molecule has 3 N–H and O–H groups in total. The molecule has 10 heteroatoms. The number of thioether (sulfide) groups is 1. The average molecular weight is 477 g/mol. The topological polar surface area (TPSA) is 90.5 Å². The molecule has 3 aliphatic rings. The van der Waals surface area contributed by atoms with Crippen molar-refractivity contribution in [2.75, 3.05) is 11.4 Å². The van der Waals surface area contributed by atoms with Crippen molar-refractivity contribution in [2.45, 2.75) is 53.9 Å². The molecule has 3 unspecified atom stereocenters. The highest BCUT2D eigenvalue weighted by molar-refractivity contribution is 8.00. The van der Waals surface area contributed by atoms with Crippen molar-refractivity contribution in [2.24, 2.45) is 0 Å². The van der Waals surface area contributed by atoms with Gasteiger partial charge in [0.15, 0.2) is 5.78 Å². The van der Waals surface area contributed by atoms with Crippen LogP contribution in [0.4, 0.5) is 10.1 Å². The number of nitrogens with one attached hydrogen (secondary N) is 3. The third kappa shape index (κ3) is 4.06. The third-order valence-corrected chi connectivity index (χ3v) is 9.02. The summed E-state index contributed by atoms with van der Waals surface area (Å²) in [6, 6.07) is 10.5. The van der Waals surface area contributed by atoms with Crippen LogP contribution in [0.3, 0.4) is 0 Å². The van der Waals surface area contributed by atoms with Crippen LogP contribution in [0.25, 0.3) is 0 Å². The number of nitrogens with zero attached hydrogens (tertiary/aromatic N) is 1. The molecule has 32 heavy (non-hydrogen) atoms. The van der Waals surface area contributed by atoms with Crippen LogP contribution in [-0.4, -0.2) is 37.2 Å². The summed E-state index contributed by atoms with van der Waals surface area (Å²) < 4.78 is 42.1. The number of Topliss-reactive ketones (excluding diaryl/α,β-unsaturated/α-hetero) is 1. The van der Waals surface area contributed by atoms with E-state index in [1.165, 1.54) is 24.3 Å². The van der Waals surface area contributed by atoms with Crippen molar-refractivity contribution < 1.29 is 17.6 Å². The number of carbonyl (C=O) groups excluding carboxylic acids is 1. The predicted molar refractivity (Wildman–Crippen MR) is 122 cm³/mol. The number of anilines is 1. The molecule has 0 aromatic heterocycles. The number of sulfonamides is 1. The first kappa shape index (κ1) is 21.8. The van der Waals surface area contributed by atoms with Crippen LogP contribution < -0.4 is 20.5 Å². The Morgan fingerprint density at radius 2 is 1.91 bits per heavy atom. The molecule has 1 saturated heterocycles. The van der Waals surface area contributed by atoms with Crippen molar-refractivity contribution in [1.82, 2.24) is 15.6 Å². The fourth-order valence-electron chi connectivity index (χ4n) is 4.16. The second-order valence-electron chi connectivity index (χ2n) is 8.88. The summed E-state index contributed by atoms with van der Waals surface area (Å²) in [4.78, 5) is 15.5. The van der Waals surface area contributed by atoms with E-state index in [4.69, 9.17) is 0 Å². The number of hydrazine groups is 1. The lowest BCUT2D eigenvalue weighted by Crippen LogP contribution is -2.44. The molecule has 2 fully saturated rings. The van der Waals surface area contributed by atoms with Gasteiger partial charge < -0.3 is 4.90 Å². The number of carbonyl (C=O) groups is 1. The van der Waals surface area contributed by atoms with Gasteiger partial charge in [-0.1, -0.05) is 6.07 Å². The summed E-state index contributed by atoms with van der Waals surface area (Å²) in [6.07, 6.45) is 1.65. The highest BCUT2D eigenvalue weighted by atomic mass is 32.2. The maximum atomic E-state index is 13.3. The molecule has 3 atom stereocenters. The van der Waals surface area contributed by atoms with Crippen molar-refractivity contribution in [3.8, 4) is 0 Å². The Kier molecular flexibility index (Phi) is 5.33. The Labute approximate surface area is 191 Å². The molecule has 0 amide bonds. The monoisotopic (exact) mass is 476 g/mol. The van der Waals surface area contributed by atoms with Gasteiger partial charge in [0.2, 0.25) is 10.0 Å². The molecular formula is C22H25FN4O3S2. The molecule has 2 aromatic carbocycles. The number of ketones is 1. The minimum Gasteiger partial charge on any atom is -0.345 e. The smallest absolute Gasteiger partial charge is 0.241 e. The van der Waals surface area contributed by atoms with Gasteiger partial charge >= 0.3 is 0 Å². The van der Waals surface area contributed by atoms with Crippen molar-refractivity contribution >= 4 is 33.3 Å². The van der Waals surface area contributed by atoms with E-state index in [2.05, 4.69) is 15.6 Å². The van der Waals surface area contributed by atoms with Gasteiger partial charge in [-0.25, -0.2) is 28.4 Å². The van der Waals surface area contributed by atoms with E-state index in [0.717, 1.165) is 24.1 Å². The van der Waals surface area contributed by atoms with E-state index in [1.54, 1.807) is 30.0 Å². The van der Waals surface area contributed by atoms with Crippen molar-refractivity contribution in [3.05, 3.63) is 59.4 Å². The van der Waals surface area contributed by atoms with Crippen LogP contribution in [0.2, 0.25) is 0 Å². The summed E-state index contributed by atoms with van der Waals surface area (Å²) in [5.74, 6) is -0.982. The van der Waals surface area contributed by atoms with Gasteiger partial charge in [-0.15, -0.1) is 11.8 Å². The second kappa shape index (κ2) is 7.81. The minimum absolute atomic E-state index is 0.114. The lowest BCUT2D eigenvalue weighted by molar-refractivity contribution is 0.0964. The predicted octanol–water partition coefficient (Wildman–Crippen LogP) is 2.91. The Bertz CT molecular complexity index is 1170. The SMILES string of the molecule is CC1NNC(N2CC(C(=O)c3ccc(F)cc3)c3ccc(S(=O)(=O)NC4(C)CC4)cc32)S1. The zero-order valence-electron chi connectivity index (χ0n) is 17.8. The molecule has 1 aliphatic carbocycles. The zero-order valence-corrected chi connectivity index (χ0v) is 19.4. The minimum atomic E-state index is -3.68. The maximum absolute atomic E-state index is 13.3. The molecule has 1 saturated carbocycles.